The number of hydrogen-bond acceptors (Lipinski definition) is 3. The van der Waals surface area contributed by atoms with Crippen molar-refractivity contribution >= 4 is 34.6 Å². The van der Waals surface area contributed by atoms with Crippen molar-refractivity contribution in [1.82, 2.24) is 0 Å². The molecule has 2 N–H and O–H groups in total. The number of benzene rings is 2. The molecule has 0 aliphatic heterocycles. The summed E-state index contributed by atoms with van der Waals surface area (Å²) in [6.45, 7) is 3.33. The lowest BCUT2D eigenvalue weighted by molar-refractivity contribution is -0.114. The van der Waals surface area contributed by atoms with Crippen LogP contribution in [0.1, 0.15) is 6.92 Å². The first-order valence-corrected chi connectivity index (χ1v) is 6.88. The fourth-order valence-corrected chi connectivity index (χ4v) is 1.92. The summed E-state index contributed by atoms with van der Waals surface area (Å²) in [5.41, 5.74) is 2.68. The van der Waals surface area contributed by atoms with E-state index in [1.54, 1.807) is 0 Å². The number of hydrogen-bond donors (Lipinski definition) is 2. The second-order valence-electron chi connectivity index (χ2n) is 4.62. The predicted octanol–water partition coefficient (Wildman–Crippen LogP) is 3.97. The summed E-state index contributed by atoms with van der Waals surface area (Å²) in [5.74, 6) is -0.0851. The first-order chi connectivity index (χ1) is 10.0. The summed E-state index contributed by atoms with van der Waals surface area (Å²) >= 11 is 5.85. The van der Waals surface area contributed by atoms with Crippen LogP contribution in [0, 0.1) is 6.67 Å². The van der Waals surface area contributed by atoms with Crippen LogP contribution >= 0.6 is 11.6 Å². The highest BCUT2D eigenvalue weighted by Gasteiger charge is 2.03. The minimum absolute atomic E-state index is 0.0851. The van der Waals surface area contributed by atoms with Gasteiger partial charge in [-0.3, -0.25) is 4.79 Å². The SMILES string of the molecule is CC(=O)Nc1cccc(N(C)[CH]Nc2ccc(Cl)cc2)c1. The van der Waals surface area contributed by atoms with Gasteiger partial charge in [-0.25, -0.2) is 0 Å². The summed E-state index contributed by atoms with van der Waals surface area (Å²) in [7, 11) is 1.93. The highest BCUT2D eigenvalue weighted by Crippen LogP contribution is 2.20. The van der Waals surface area contributed by atoms with Gasteiger partial charge < -0.3 is 15.5 Å². The van der Waals surface area contributed by atoms with Crippen molar-refractivity contribution in [2.24, 2.45) is 0 Å². The number of nitrogens with one attached hydrogen (secondary N) is 2. The molecule has 1 amide bonds. The Labute approximate surface area is 129 Å². The molecule has 0 spiro atoms. The molecule has 0 aliphatic rings. The van der Waals surface area contributed by atoms with E-state index in [1.165, 1.54) is 6.92 Å². The number of carbonyl (C=O) groups is 1. The van der Waals surface area contributed by atoms with Crippen LogP contribution in [0.4, 0.5) is 17.1 Å². The van der Waals surface area contributed by atoms with Crippen molar-refractivity contribution in [2.45, 2.75) is 6.92 Å². The van der Waals surface area contributed by atoms with Gasteiger partial charge in [-0.1, -0.05) is 17.7 Å². The van der Waals surface area contributed by atoms with E-state index in [4.69, 9.17) is 11.6 Å². The molecule has 0 saturated carbocycles. The lowest BCUT2D eigenvalue weighted by atomic mass is 10.2. The van der Waals surface area contributed by atoms with Crippen LogP contribution in [-0.2, 0) is 4.79 Å². The van der Waals surface area contributed by atoms with E-state index >= 15 is 0 Å². The van der Waals surface area contributed by atoms with Gasteiger partial charge in [0, 0.05) is 36.1 Å². The highest BCUT2D eigenvalue weighted by atomic mass is 35.5. The summed E-state index contributed by atoms with van der Waals surface area (Å²) in [5, 5.41) is 6.66. The molecule has 0 bridgehead atoms. The maximum atomic E-state index is 11.1. The third-order valence-corrected chi connectivity index (χ3v) is 3.09. The van der Waals surface area contributed by atoms with Crippen LogP contribution in [0.15, 0.2) is 48.5 Å². The smallest absolute Gasteiger partial charge is 0.221 e. The Bertz CT molecular complexity index is 613. The van der Waals surface area contributed by atoms with Crippen LogP contribution in [0.5, 0.6) is 0 Å². The van der Waals surface area contributed by atoms with E-state index in [0.29, 0.717) is 5.02 Å². The standard InChI is InChI=1S/C16H17ClN3O/c1-12(21)19-15-4-3-5-16(10-15)20(2)11-18-14-8-6-13(17)7-9-14/h3-11,18H,1-2H3,(H,19,21). The number of carbonyl (C=O) groups excluding carboxylic acids is 1. The van der Waals surface area contributed by atoms with Crippen molar-refractivity contribution in [3.05, 3.63) is 60.2 Å². The molecule has 4 nitrogen and oxygen atoms in total. The monoisotopic (exact) mass is 302 g/mol. The molecule has 0 unspecified atom stereocenters. The van der Waals surface area contributed by atoms with Crippen LogP contribution in [0.25, 0.3) is 0 Å². The zero-order valence-corrected chi connectivity index (χ0v) is 12.7. The normalized spacial score (nSPS) is 10.0. The first-order valence-electron chi connectivity index (χ1n) is 6.50. The largest absolute Gasteiger partial charge is 0.362 e. The second-order valence-corrected chi connectivity index (χ2v) is 5.06. The van der Waals surface area contributed by atoms with E-state index in [-0.39, 0.29) is 5.91 Å². The van der Waals surface area contributed by atoms with Gasteiger partial charge in [-0.05, 0) is 42.5 Å². The molecule has 2 rings (SSSR count). The van der Waals surface area contributed by atoms with Crippen molar-refractivity contribution < 1.29 is 4.79 Å². The maximum absolute atomic E-state index is 11.1. The maximum Gasteiger partial charge on any atom is 0.221 e. The van der Waals surface area contributed by atoms with Gasteiger partial charge in [0.05, 0.1) is 0 Å². The minimum Gasteiger partial charge on any atom is -0.362 e. The fourth-order valence-electron chi connectivity index (χ4n) is 1.80. The number of halogens is 1. The Morgan fingerprint density at radius 2 is 1.86 bits per heavy atom. The summed E-state index contributed by atoms with van der Waals surface area (Å²) in [6.07, 6.45) is 0. The molecule has 0 atom stereocenters. The van der Waals surface area contributed by atoms with Crippen LogP contribution in [-0.4, -0.2) is 13.0 Å². The van der Waals surface area contributed by atoms with Gasteiger partial charge in [-0.15, -0.1) is 0 Å². The Hall–Kier alpha value is -2.20. The lowest BCUT2D eigenvalue weighted by Crippen LogP contribution is -2.19. The lowest BCUT2D eigenvalue weighted by Gasteiger charge is -2.20. The third-order valence-electron chi connectivity index (χ3n) is 2.84. The third kappa shape index (κ3) is 4.68. The molecule has 0 saturated heterocycles. The van der Waals surface area contributed by atoms with E-state index in [1.807, 2.05) is 67.1 Å². The van der Waals surface area contributed by atoms with E-state index < -0.39 is 0 Å². The average molecular weight is 303 g/mol. The molecule has 21 heavy (non-hydrogen) atoms. The molecular formula is C16H17ClN3O. The molecule has 1 radical (unpaired) electrons. The molecule has 0 heterocycles. The van der Waals surface area contributed by atoms with Gasteiger partial charge in [0.15, 0.2) is 0 Å². The highest BCUT2D eigenvalue weighted by molar-refractivity contribution is 6.30. The van der Waals surface area contributed by atoms with Crippen molar-refractivity contribution in [1.29, 1.82) is 0 Å². The molecular weight excluding hydrogens is 286 g/mol. The van der Waals surface area contributed by atoms with Crippen LogP contribution in [0.2, 0.25) is 5.02 Å². The quantitative estimate of drug-likeness (QED) is 0.878. The zero-order chi connectivity index (χ0) is 15.2. The molecule has 0 aliphatic carbocycles. The van der Waals surface area contributed by atoms with Gasteiger partial charge >= 0.3 is 0 Å². The zero-order valence-electron chi connectivity index (χ0n) is 11.9. The number of amides is 1. The summed E-state index contributed by atoms with van der Waals surface area (Å²) < 4.78 is 0. The van der Waals surface area contributed by atoms with Crippen molar-refractivity contribution in [2.75, 3.05) is 22.6 Å². The Kier molecular flexibility index (Phi) is 5.06. The van der Waals surface area contributed by atoms with Crippen molar-refractivity contribution in [3.8, 4) is 0 Å². The number of nitrogens with zero attached hydrogens (tertiary/aromatic N) is 1. The molecule has 0 aromatic heterocycles. The average Bonchev–Trinajstić information content (AvgIpc) is 2.46. The Morgan fingerprint density at radius 1 is 1.14 bits per heavy atom. The van der Waals surface area contributed by atoms with E-state index in [9.17, 15) is 4.79 Å². The molecule has 2 aromatic carbocycles. The number of rotatable bonds is 5. The van der Waals surface area contributed by atoms with Crippen LogP contribution in [0.3, 0.4) is 0 Å². The predicted molar refractivity (Wildman–Crippen MR) is 88.5 cm³/mol. The molecule has 0 fully saturated rings. The van der Waals surface area contributed by atoms with Gasteiger partial charge in [0.2, 0.25) is 5.91 Å². The minimum atomic E-state index is -0.0851. The van der Waals surface area contributed by atoms with Gasteiger partial charge in [0.1, 0.15) is 6.67 Å². The Morgan fingerprint density at radius 3 is 2.52 bits per heavy atom. The molecule has 5 heteroatoms. The van der Waals surface area contributed by atoms with E-state index in [0.717, 1.165) is 17.1 Å². The summed E-state index contributed by atoms with van der Waals surface area (Å²) in [4.78, 5) is 13.0. The fraction of sp³-hybridized carbons (Fsp3) is 0.125. The van der Waals surface area contributed by atoms with E-state index in [2.05, 4.69) is 10.6 Å². The van der Waals surface area contributed by atoms with Crippen molar-refractivity contribution in [3.63, 3.8) is 0 Å². The summed E-state index contributed by atoms with van der Waals surface area (Å²) in [6, 6.07) is 15.1. The first kappa shape index (κ1) is 15.2. The van der Waals surface area contributed by atoms with Crippen LogP contribution < -0.4 is 15.5 Å². The van der Waals surface area contributed by atoms with Gasteiger partial charge in [-0.2, -0.15) is 0 Å². The molecule has 2 aromatic rings. The number of anilines is 3. The van der Waals surface area contributed by atoms with Gasteiger partial charge in [0.25, 0.3) is 0 Å². The topological polar surface area (TPSA) is 44.4 Å². The second kappa shape index (κ2) is 6.99. The Balaban J connectivity index is 1.98. The molecule has 109 valence electrons.